The molecule has 0 aliphatic carbocycles. The van der Waals surface area contributed by atoms with Gasteiger partial charge in [-0.05, 0) is 24.3 Å². The number of sulfonamides is 1. The van der Waals surface area contributed by atoms with E-state index in [0.29, 0.717) is 6.07 Å². The monoisotopic (exact) mass is 368 g/mol. The molecule has 1 atom stereocenters. The summed E-state index contributed by atoms with van der Waals surface area (Å²) in [6, 6.07) is 9.84. The average Bonchev–Trinajstić information content (AvgIpc) is 2.96. The van der Waals surface area contributed by atoms with E-state index in [0.717, 1.165) is 27.4 Å². The van der Waals surface area contributed by atoms with Crippen LogP contribution in [-0.4, -0.2) is 19.9 Å². The van der Waals surface area contributed by atoms with Crippen molar-refractivity contribution in [2.24, 2.45) is 0 Å². The molecule has 0 saturated heterocycles. The van der Waals surface area contributed by atoms with E-state index in [2.05, 4.69) is 9.71 Å². The van der Waals surface area contributed by atoms with Crippen molar-refractivity contribution in [1.82, 2.24) is 9.71 Å². The van der Waals surface area contributed by atoms with Crippen LogP contribution in [-0.2, 0) is 10.0 Å². The highest BCUT2D eigenvalue weighted by Gasteiger charge is 2.19. The van der Waals surface area contributed by atoms with Gasteiger partial charge in [0.15, 0.2) is 0 Å². The molecule has 8 heteroatoms. The predicted octanol–water partition coefficient (Wildman–Crippen LogP) is 3.66. The van der Waals surface area contributed by atoms with Crippen LogP contribution in [0, 0.1) is 11.6 Å². The Morgan fingerprint density at radius 3 is 2.50 bits per heavy atom. The van der Waals surface area contributed by atoms with E-state index in [4.69, 9.17) is 0 Å². The highest BCUT2D eigenvalue weighted by Crippen LogP contribution is 2.27. The second kappa shape index (κ2) is 6.54. The molecule has 1 N–H and O–H groups in total. The van der Waals surface area contributed by atoms with Gasteiger partial charge in [0, 0.05) is 18.5 Å². The molecule has 0 bridgehead atoms. The van der Waals surface area contributed by atoms with E-state index in [1.807, 2.05) is 31.2 Å². The van der Waals surface area contributed by atoms with E-state index in [1.165, 1.54) is 11.3 Å². The first kappa shape index (κ1) is 16.9. The first-order valence-corrected chi connectivity index (χ1v) is 9.46. The summed E-state index contributed by atoms with van der Waals surface area (Å²) in [5.74, 6) is -2.04. The van der Waals surface area contributed by atoms with Crippen LogP contribution in [0.1, 0.15) is 17.8 Å². The van der Waals surface area contributed by atoms with Gasteiger partial charge < -0.3 is 0 Å². The number of nitrogens with zero attached hydrogens (tertiary/aromatic N) is 1. The van der Waals surface area contributed by atoms with Crippen LogP contribution in [0.3, 0.4) is 0 Å². The zero-order valence-corrected chi connectivity index (χ0v) is 14.3. The minimum absolute atomic E-state index is 0.0836. The van der Waals surface area contributed by atoms with E-state index in [9.17, 15) is 17.2 Å². The van der Waals surface area contributed by atoms with Crippen LogP contribution in [0.5, 0.6) is 0 Å². The molecule has 126 valence electrons. The lowest BCUT2D eigenvalue weighted by Gasteiger charge is -2.11. The van der Waals surface area contributed by atoms with Crippen LogP contribution in [0.4, 0.5) is 8.78 Å². The highest BCUT2D eigenvalue weighted by molar-refractivity contribution is 7.89. The van der Waals surface area contributed by atoms with Crippen molar-refractivity contribution in [1.29, 1.82) is 0 Å². The third-order valence-corrected chi connectivity index (χ3v) is 6.13. The van der Waals surface area contributed by atoms with Gasteiger partial charge in [-0.1, -0.05) is 19.1 Å². The fourth-order valence-electron chi connectivity index (χ4n) is 2.19. The normalized spacial score (nSPS) is 13.3. The van der Waals surface area contributed by atoms with Gasteiger partial charge in [-0.3, -0.25) is 0 Å². The number of hydrogen-bond donors (Lipinski definition) is 1. The summed E-state index contributed by atoms with van der Waals surface area (Å²) < 4.78 is 54.2. The number of benzene rings is 2. The Hall–Kier alpha value is -1.90. The molecule has 24 heavy (non-hydrogen) atoms. The maximum Gasteiger partial charge on any atom is 0.240 e. The summed E-state index contributed by atoms with van der Waals surface area (Å²) in [4.78, 5) is 4.04. The third kappa shape index (κ3) is 3.61. The summed E-state index contributed by atoms with van der Waals surface area (Å²) >= 11 is 1.49. The summed E-state index contributed by atoms with van der Waals surface area (Å²) in [7, 11) is -3.99. The second-order valence-electron chi connectivity index (χ2n) is 5.38. The molecular weight excluding hydrogens is 354 g/mol. The van der Waals surface area contributed by atoms with Crippen LogP contribution in [0.25, 0.3) is 10.2 Å². The second-order valence-corrected chi connectivity index (χ2v) is 8.21. The van der Waals surface area contributed by atoms with Crippen LogP contribution >= 0.6 is 11.3 Å². The highest BCUT2D eigenvalue weighted by atomic mass is 32.2. The molecule has 0 saturated carbocycles. The molecule has 0 amide bonds. The fourth-order valence-corrected chi connectivity index (χ4v) is 4.38. The standard InChI is InChI=1S/C16H14F2N2O2S2/c1-10(16-20-14-4-2-3-5-15(14)23-16)9-19-24(21,22)13-7-11(17)6-12(18)8-13/h2-8,10,19H,9H2,1H3. The summed E-state index contributed by atoms with van der Waals surface area (Å²) in [6.07, 6.45) is 0. The minimum atomic E-state index is -3.99. The number of nitrogens with one attached hydrogen (secondary N) is 1. The Labute approximate surface area is 142 Å². The fraction of sp³-hybridized carbons (Fsp3) is 0.188. The Bertz CT molecular complexity index is 933. The molecule has 2 aromatic carbocycles. The number of halogens is 2. The predicted molar refractivity (Wildman–Crippen MR) is 89.6 cm³/mol. The number of thiazole rings is 1. The maximum atomic E-state index is 13.2. The van der Waals surface area contributed by atoms with Crippen molar-refractivity contribution >= 4 is 31.6 Å². The van der Waals surface area contributed by atoms with E-state index in [-0.39, 0.29) is 12.5 Å². The lowest BCUT2D eigenvalue weighted by molar-refractivity contribution is 0.558. The summed E-state index contributed by atoms with van der Waals surface area (Å²) in [5, 5.41) is 0.796. The number of fused-ring (bicyclic) bond motifs is 1. The lowest BCUT2D eigenvalue weighted by atomic mass is 10.2. The molecule has 0 spiro atoms. The third-order valence-electron chi connectivity index (χ3n) is 3.46. The number of aromatic nitrogens is 1. The maximum absolute atomic E-state index is 13.2. The summed E-state index contributed by atoms with van der Waals surface area (Å²) in [6.45, 7) is 1.92. The van der Waals surface area contributed by atoms with Gasteiger partial charge in [-0.15, -0.1) is 11.3 Å². The first-order chi connectivity index (χ1) is 11.3. The number of para-hydroxylation sites is 1. The van der Waals surface area contributed by atoms with Crippen molar-refractivity contribution in [3.8, 4) is 0 Å². The molecule has 0 aliphatic heterocycles. The lowest BCUT2D eigenvalue weighted by Crippen LogP contribution is -2.27. The summed E-state index contributed by atoms with van der Waals surface area (Å²) in [5.41, 5.74) is 0.861. The SMILES string of the molecule is CC(CNS(=O)(=O)c1cc(F)cc(F)c1)c1nc2ccccc2s1. The van der Waals surface area contributed by atoms with E-state index in [1.54, 1.807) is 0 Å². The molecule has 1 heterocycles. The van der Waals surface area contributed by atoms with E-state index < -0.39 is 26.6 Å². The van der Waals surface area contributed by atoms with Crippen molar-refractivity contribution in [2.75, 3.05) is 6.54 Å². The molecule has 3 rings (SSSR count). The molecular formula is C16H14F2N2O2S2. The van der Waals surface area contributed by atoms with Gasteiger partial charge in [-0.2, -0.15) is 0 Å². The van der Waals surface area contributed by atoms with Crippen molar-refractivity contribution in [3.63, 3.8) is 0 Å². The van der Waals surface area contributed by atoms with Gasteiger partial charge in [0.25, 0.3) is 0 Å². The Morgan fingerprint density at radius 1 is 1.17 bits per heavy atom. The van der Waals surface area contributed by atoms with Crippen LogP contribution in [0.2, 0.25) is 0 Å². The zero-order chi connectivity index (χ0) is 17.3. The molecule has 3 aromatic rings. The van der Waals surface area contributed by atoms with Gasteiger partial charge in [-0.25, -0.2) is 26.9 Å². The largest absolute Gasteiger partial charge is 0.241 e. The van der Waals surface area contributed by atoms with E-state index >= 15 is 0 Å². The Balaban J connectivity index is 1.76. The molecule has 0 aliphatic rings. The molecule has 1 unspecified atom stereocenters. The Kier molecular flexibility index (Phi) is 4.62. The smallest absolute Gasteiger partial charge is 0.240 e. The first-order valence-electron chi connectivity index (χ1n) is 7.16. The van der Waals surface area contributed by atoms with Gasteiger partial charge in [0.05, 0.1) is 20.1 Å². The number of rotatable bonds is 5. The van der Waals surface area contributed by atoms with Gasteiger partial charge in [0.1, 0.15) is 11.6 Å². The van der Waals surface area contributed by atoms with Crippen LogP contribution < -0.4 is 4.72 Å². The quantitative estimate of drug-likeness (QED) is 0.748. The zero-order valence-electron chi connectivity index (χ0n) is 12.7. The van der Waals surface area contributed by atoms with Gasteiger partial charge in [0.2, 0.25) is 10.0 Å². The minimum Gasteiger partial charge on any atom is -0.241 e. The van der Waals surface area contributed by atoms with Crippen LogP contribution in [0.15, 0.2) is 47.4 Å². The van der Waals surface area contributed by atoms with Gasteiger partial charge >= 0.3 is 0 Å². The van der Waals surface area contributed by atoms with Crippen molar-refractivity contribution in [2.45, 2.75) is 17.7 Å². The molecule has 0 fully saturated rings. The topological polar surface area (TPSA) is 59.1 Å². The number of hydrogen-bond acceptors (Lipinski definition) is 4. The van der Waals surface area contributed by atoms with Crippen molar-refractivity contribution in [3.05, 3.63) is 59.1 Å². The Morgan fingerprint density at radius 2 is 1.83 bits per heavy atom. The molecule has 4 nitrogen and oxygen atoms in total. The van der Waals surface area contributed by atoms with Crippen molar-refractivity contribution < 1.29 is 17.2 Å². The average molecular weight is 368 g/mol. The molecule has 0 radical (unpaired) electrons. The molecule has 1 aromatic heterocycles.